The molecule has 0 unspecified atom stereocenters. The first-order valence-corrected chi connectivity index (χ1v) is 24.8. The van der Waals surface area contributed by atoms with Gasteiger partial charge in [0, 0.05) is 30.3 Å². The quantitative estimate of drug-likeness (QED) is 0.0300. The van der Waals surface area contributed by atoms with Crippen LogP contribution in [0.2, 0.25) is 0 Å². The Morgan fingerprint density at radius 3 is 1.91 bits per heavy atom. The number of nitrogens with two attached hydrogens (primary N) is 1. The van der Waals surface area contributed by atoms with Crippen molar-refractivity contribution in [2.45, 2.75) is 122 Å². The van der Waals surface area contributed by atoms with E-state index in [9.17, 15) is 57.8 Å². The molecule has 10 N–H and O–H groups in total. The van der Waals surface area contributed by atoms with Crippen LogP contribution in [0.3, 0.4) is 0 Å². The SMILES string of the molecule is CC[C@H](C)[C@H](NC(=O)[C@H](CC(C)C)NC(=O)[C@H](Cc1ccc(OP(=O)(O)O)cc1)NC[C@H](Cc1ccc(C(=O)c2ccccc2)cc1)NC(=O)[C@H](CC(=O)O)NC(=O)[C@H](C)N)C(=O)N1CCC[C@H]1C=O. The summed E-state index contributed by atoms with van der Waals surface area (Å²) < 4.78 is 16.2. The highest BCUT2D eigenvalue weighted by molar-refractivity contribution is 7.46. The van der Waals surface area contributed by atoms with Gasteiger partial charge in [0.1, 0.15) is 30.2 Å². The number of nitrogens with one attached hydrogen (secondary N) is 5. The number of aliphatic carboxylic acids is 1. The molecule has 0 spiro atoms. The predicted octanol–water partition coefficient (Wildman–Crippen LogP) is 2.18. The summed E-state index contributed by atoms with van der Waals surface area (Å²) in [7, 11) is -4.90. The molecule has 0 aliphatic carbocycles. The zero-order valence-corrected chi connectivity index (χ0v) is 40.9. The number of nitrogens with zero attached hydrogens (tertiary/aromatic N) is 1. The Labute approximate surface area is 407 Å². The van der Waals surface area contributed by atoms with Gasteiger partial charge in [-0.1, -0.05) is 101 Å². The number of benzene rings is 3. The van der Waals surface area contributed by atoms with E-state index in [1.165, 1.54) is 36.1 Å². The molecule has 3 aromatic rings. The lowest BCUT2D eigenvalue weighted by Crippen LogP contribution is -2.59. The normalized spacial score (nSPS) is 16.6. The highest BCUT2D eigenvalue weighted by Crippen LogP contribution is 2.37. The number of carboxylic acid groups (broad SMARTS) is 1. The number of carbonyl (C=O) groups excluding carboxylic acids is 7. The molecule has 70 heavy (non-hydrogen) atoms. The van der Waals surface area contributed by atoms with Crippen molar-refractivity contribution in [1.29, 1.82) is 0 Å². The summed E-state index contributed by atoms with van der Waals surface area (Å²) in [5, 5.41) is 23.7. The van der Waals surface area contributed by atoms with Crippen molar-refractivity contribution in [2.24, 2.45) is 17.6 Å². The number of hydrogen-bond donors (Lipinski definition) is 9. The maximum atomic E-state index is 14.6. The van der Waals surface area contributed by atoms with Gasteiger partial charge in [-0.25, -0.2) is 4.57 Å². The lowest BCUT2D eigenvalue weighted by molar-refractivity contribution is -0.141. The molecule has 8 atom stereocenters. The molecule has 1 aliphatic heterocycles. The predicted molar refractivity (Wildman–Crippen MR) is 258 cm³/mol. The summed E-state index contributed by atoms with van der Waals surface area (Å²) >= 11 is 0. The van der Waals surface area contributed by atoms with E-state index in [0.717, 1.165) is 6.29 Å². The Balaban J connectivity index is 1.68. The number of likely N-dealkylation sites (tertiary alicyclic amines) is 1. The summed E-state index contributed by atoms with van der Waals surface area (Å²) in [5.41, 5.74) is 7.68. The highest BCUT2D eigenvalue weighted by Gasteiger charge is 2.38. The lowest BCUT2D eigenvalue weighted by Gasteiger charge is -2.32. The maximum Gasteiger partial charge on any atom is 0.524 e. The topological polar surface area (TPSA) is 313 Å². The first-order valence-electron chi connectivity index (χ1n) is 23.3. The van der Waals surface area contributed by atoms with E-state index in [0.29, 0.717) is 48.1 Å². The number of rotatable bonds is 27. The lowest BCUT2D eigenvalue weighted by atomic mass is 9.95. The molecule has 0 aromatic heterocycles. The van der Waals surface area contributed by atoms with Gasteiger partial charge in [0.2, 0.25) is 29.5 Å². The maximum absolute atomic E-state index is 14.6. The Kier molecular flexibility index (Phi) is 21.4. The van der Waals surface area contributed by atoms with Crippen LogP contribution in [0, 0.1) is 11.8 Å². The van der Waals surface area contributed by atoms with E-state index < -0.39 is 92.0 Å². The third-order valence-electron chi connectivity index (χ3n) is 11.9. The van der Waals surface area contributed by atoms with Gasteiger partial charge in [-0.3, -0.25) is 43.3 Å². The summed E-state index contributed by atoms with van der Waals surface area (Å²) in [6.07, 6.45) is 1.73. The number of amides is 5. The molecule has 5 amide bonds. The van der Waals surface area contributed by atoms with Crippen LogP contribution in [-0.2, 0) is 51.0 Å². The van der Waals surface area contributed by atoms with Crippen molar-refractivity contribution in [3.63, 3.8) is 0 Å². The number of aldehydes is 1. The number of hydrogen-bond acceptors (Lipinski definition) is 12. The average molecular weight is 992 g/mol. The standard InChI is InChI=1S/C49H66N7O13P/c1-6-30(4)43(49(65)56-22-10-13-37(56)28-57)55-48(64)40(23-29(2)3)54-46(62)39(25-33-16-20-38(21-17-33)69-70(66,67)68)51-27-36(52-47(63)41(26-42(58)59)53-45(61)31(5)50)24-32-14-18-35(19-15-32)44(60)34-11-8-7-9-12-34/h7-9,11-12,14-21,28-31,36-37,39-41,43,51H,6,10,13,22-27,50H2,1-5H3,(H,52,63)(H,53,61)(H,54,62)(H,55,64)(H,58,59)(H2,66,67,68)/t30-,31-,36-,37-,39-,40-,41-,43-/m0/s1. The molecule has 20 nitrogen and oxygen atoms in total. The van der Waals surface area contributed by atoms with Crippen LogP contribution in [0.4, 0.5) is 0 Å². The molecule has 0 saturated carbocycles. The molecular formula is C49H66N7O13P. The first kappa shape index (κ1) is 56.3. The molecule has 0 bridgehead atoms. The molecule has 21 heteroatoms. The van der Waals surface area contributed by atoms with Crippen LogP contribution in [0.15, 0.2) is 78.9 Å². The van der Waals surface area contributed by atoms with E-state index >= 15 is 0 Å². The van der Waals surface area contributed by atoms with Gasteiger partial charge in [-0.15, -0.1) is 0 Å². The van der Waals surface area contributed by atoms with Gasteiger partial charge in [0.15, 0.2) is 5.78 Å². The minimum Gasteiger partial charge on any atom is -0.481 e. The average Bonchev–Trinajstić information content (AvgIpc) is 3.80. The van der Waals surface area contributed by atoms with Crippen molar-refractivity contribution in [3.8, 4) is 5.75 Å². The van der Waals surface area contributed by atoms with Crippen molar-refractivity contribution >= 4 is 55.4 Å². The van der Waals surface area contributed by atoms with Crippen molar-refractivity contribution in [3.05, 3.63) is 101 Å². The third kappa shape index (κ3) is 17.6. The molecule has 1 heterocycles. The van der Waals surface area contributed by atoms with E-state index in [1.54, 1.807) is 54.6 Å². The second kappa shape index (κ2) is 26.6. The fourth-order valence-electron chi connectivity index (χ4n) is 7.90. The minimum absolute atomic E-state index is 0.0632. The largest absolute Gasteiger partial charge is 0.524 e. The number of carboxylic acids is 1. The Hall–Kier alpha value is -6.31. The first-order chi connectivity index (χ1) is 33.1. The molecule has 0 radical (unpaired) electrons. The zero-order valence-electron chi connectivity index (χ0n) is 40.0. The van der Waals surface area contributed by atoms with E-state index in [4.69, 9.17) is 10.3 Å². The monoisotopic (exact) mass is 991 g/mol. The summed E-state index contributed by atoms with van der Waals surface area (Å²) in [6, 6.07) is 13.3. The van der Waals surface area contributed by atoms with Gasteiger partial charge < -0.3 is 51.6 Å². The molecule has 1 fully saturated rings. The van der Waals surface area contributed by atoms with Crippen LogP contribution in [0.25, 0.3) is 0 Å². The van der Waals surface area contributed by atoms with Gasteiger partial charge >= 0.3 is 13.8 Å². The number of carbonyl (C=O) groups is 8. The smallest absolute Gasteiger partial charge is 0.481 e. The molecule has 3 aromatic carbocycles. The van der Waals surface area contributed by atoms with Crippen LogP contribution < -0.4 is 36.8 Å². The van der Waals surface area contributed by atoms with Crippen molar-refractivity contribution in [1.82, 2.24) is 31.5 Å². The van der Waals surface area contributed by atoms with Crippen molar-refractivity contribution in [2.75, 3.05) is 13.1 Å². The number of phosphoric ester groups is 1. The third-order valence-corrected chi connectivity index (χ3v) is 12.3. The number of ketones is 1. The van der Waals surface area contributed by atoms with Crippen LogP contribution >= 0.6 is 7.82 Å². The minimum atomic E-state index is -4.90. The van der Waals surface area contributed by atoms with Crippen molar-refractivity contribution < 1.29 is 62.3 Å². The van der Waals surface area contributed by atoms with Crippen LogP contribution in [0.5, 0.6) is 5.75 Å². The summed E-state index contributed by atoms with van der Waals surface area (Å²) in [6.45, 7) is 8.94. The fraction of sp³-hybridized carbons (Fsp3) is 0.469. The Bertz CT molecular complexity index is 2330. The zero-order chi connectivity index (χ0) is 51.7. The van der Waals surface area contributed by atoms with Gasteiger partial charge in [-0.2, -0.15) is 0 Å². The second-order valence-corrected chi connectivity index (χ2v) is 19.2. The molecule has 380 valence electrons. The van der Waals surface area contributed by atoms with Gasteiger partial charge in [0.25, 0.3) is 0 Å². The summed E-state index contributed by atoms with van der Waals surface area (Å²) in [4.78, 5) is 126. The Morgan fingerprint density at radius 2 is 1.34 bits per heavy atom. The van der Waals surface area contributed by atoms with Gasteiger partial charge in [-0.05, 0) is 74.1 Å². The molecular weight excluding hydrogens is 926 g/mol. The van der Waals surface area contributed by atoms with Crippen LogP contribution in [0.1, 0.15) is 93.8 Å². The highest BCUT2D eigenvalue weighted by atomic mass is 31.2. The molecule has 4 rings (SSSR count). The number of phosphoric acid groups is 1. The van der Waals surface area contributed by atoms with E-state index in [2.05, 4.69) is 26.6 Å². The molecule has 1 aliphatic rings. The second-order valence-electron chi connectivity index (χ2n) is 18.1. The molecule has 1 saturated heterocycles. The fourth-order valence-corrected chi connectivity index (χ4v) is 8.29. The summed E-state index contributed by atoms with van der Waals surface area (Å²) in [5.74, 6) is -5.55. The van der Waals surface area contributed by atoms with Gasteiger partial charge in [0.05, 0.1) is 24.5 Å². The Morgan fingerprint density at radius 1 is 0.771 bits per heavy atom. The van der Waals surface area contributed by atoms with E-state index in [-0.39, 0.29) is 49.2 Å². The van der Waals surface area contributed by atoms with E-state index in [1.807, 2.05) is 27.7 Å². The van der Waals surface area contributed by atoms with Crippen LogP contribution in [-0.4, -0.2) is 123 Å².